The number of carbonyl (C=O) groups excluding carboxylic acids is 1. The van der Waals surface area contributed by atoms with Gasteiger partial charge in [0.1, 0.15) is 5.82 Å². The number of hydrogen-bond donors (Lipinski definition) is 2. The SMILES string of the molecule is CC1CCNCC1NC(=O)Cc1ccc(F)c(Br)c1.Cl. The first-order chi connectivity index (χ1) is 9.06. The molecule has 2 unspecified atom stereocenters. The van der Waals surface area contributed by atoms with Crippen LogP contribution >= 0.6 is 28.3 Å². The predicted octanol–water partition coefficient (Wildman–Crippen LogP) is 2.67. The van der Waals surface area contributed by atoms with Crippen LogP contribution in [0.15, 0.2) is 22.7 Å². The van der Waals surface area contributed by atoms with Crippen LogP contribution in [0, 0.1) is 11.7 Å². The van der Waals surface area contributed by atoms with Crippen molar-refractivity contribution in [1.29, 1.82) is 0 Å². The summed E-state index contributed by atoms with van der Waals surface area (Å²) in [6, 6.07) is 4.85. The van der Waals surface area contributed by atoms with Gasteiger partial charge in [0.15, 0.2) is 0 Å². The second-order valence-corrected chi connectivity index (χ2v) is 5.92. The number of rotatable bonds is 3. The van der Waals surface area contributed by atoms with Crippen LogP contribution in [0.3, 0.4) is 0 Å². The van der Waals surface area contributed by atoms with Crippen LogP contribution in [0.4, 0.5) is 4.39 Å². The standard InChI is InChI=1S/C14H18BrFN2O.ClH/c1-9-4-5-17-8-13(9)18-14(19)7-10-2-3-12(16)11(15)6-10;/h2-3,6,9,13,17H,4-5,7-8H2,1H3,(H,18,19);1H. The average molecular weight is 366 g/mol. The van der Waals surface area contributed by atoms with Gasteiger partial charge in [-0.05, 0) is 52.5 Å². The fraction of sp³-hybridized carbons (Fsp3) is 0.500. The molecule has 2 N–H and O–H groups in total. The average Bonchev–Trinajstić information content (AvgIpc) is 2.37. The zero-order valence-corrected chi connectivity index (χ0v) is 13.7. The maximum Gasteiger partial charge on any atom is 0.224 e. The van der Waals surface area contributed by atoms with Crippen molar-refractivity contribution < 1.29 is 9.18 Å². The summed E-state index contributed by atoms with van der Waals surface area (Å²) in [6.07, 6.45) is 1.36. The van der Waals surface area contributed by atoms with Crippen LogP contribution in [0.5, 0.6) is 0 Å². The monoisotopic (exact) mass is 364 g/mol. The molecule has 1 amide bonds. The first kappa shape index (κ1) is 17.4. The fourth-order valence-corrected chi connectivity index (χ4v) is 2.70. The molecule has 20 heavy (non-hydrogen) atoms. The molecule has 1 aromatic carbocycles. The molecule has 0 aliphatic carbocycles. The van der Waals surface area contributed by atoms with Gasteiger partial charge in [0.2, 0.25) is 5.91 Å². The van der Waals surface area contributed by atoms with Gasteiger partial charge in [0, 0.05) is 12.6 Å². The molecule has 0 bridgehead atoms. The van der Waals surface area contributed by atoms with Gasteiger partial charge in [-0.15, -0.1) is 12.4 Å². The minimum Gasteiger partial charge on any atom is -0.352 e. The van der Waals surface area contributed by atoms with Crippen LogP contribution in [-0.2, 0) is 11.2 Å². The van der Waals surface area contributed by atoms with Crippen LogP contribution < -0.4 is 10.6 Å². The van der Waals surface area contributed by atoms with Gasteiger partial charge in [-0.1, -0.05) is 13.0 Å². The summed E-state index contributed by atoms with van der Waals surface area (Å²) in [4.78, 5) is 12.0. The van der Waals surface area contributed by atoms with Crippen molar-refractivity contribution >= 4 is 34.2 Å². The zero-order valence-electron chi connectivity index (χ0n) is 11.3. The molecule has 3 nitrogen and oxygen atoms in total. The largest absolute Gasteiger partial charge is 0.352 e. The van der Waals surface area contributed by atoms with Crippen LogP contribution in [-0.4, -0.2) is 25.0 Å². The van der Waals surface area contributed by atoms with Gasteiger partial charge in [0.05, 0.1) is 10.9 Å². The molecule has 0 spiro atoms. The summed E-state index contributed by atoms with van der Waals surface area (Å²) in [6.45, 7) is 3.98. The van der Waals surface area contributed by atoms with Gasteiger partial charge in [-0.3, -0.25) is 4.79 Å². The summed E-state index contributed by atoms with van der Waals surface area (Å²) in [5, 5.41) is 6.32. The van der Waals surface area contributed by atoms with E-state index in [9.17, 15) is 9.18 Å². The third-order valence-electron chi connectivity index (χ3n) is 3.52. The van der Waals surface area contributed by atoms with Crippen molar-refractivity contribution in [2.75, 3.05) is 13.1 Å². The highest BCUT2D eigenvalue weighted by Crippen LogP contribution is 2.17. The molecule has 1 aromatic rings. The smallest absolute Gasteiger partial charge is 0.224 e. The minimum atomic E-state index is -0.311. The molecule has 2 rings (SSSR count). The Labute approximate surface area is 133 Å². The lowest BCUT2D eigenvalue weighted by Gasteiger charge is -2.30. The number of nitrogens with one attached hydrogen (secondary N) is 2. The summed E-state index contributed by atoms with van der Waals surface area (Å²) in [5.41, 5.74) is 0.808. The Morgan fingerprint density at radius 2 is 2.30 bits per heavy atom. The van der Waals surface area contributed by atoms with Crippen molar-refractivity contribution in [2.45, 2.75) is 25.8 Å². The Kier molecular flexibility index (Phi) is 6.92. The quantitative estimate of drug-likeness (QED) is 0.865. The van der Waals surface area contributed by atoms with Crippen molar-refractivity contribution in [1.82, 2.24) is 10.6 Å². The lowest BCUT2D eigenvalue weighted by Crippen LogP contribution is -2.50. The lowest BCUT2D eigenvalue weighted by molar-refractivity contribution is -0.121. The summed E-state index contributed by atoms with van der Waals surface area (Å²) in [7, 11) is 0. The highest BCUT2D eigenvalue weighted by molar-refractivity contribution is 9.10. The molecular formula is C14H19BrClFN2O. The number of hydrogen-bond acceptors (Lipinski definition) is 2. The first-order valence-electron chi connectivity index (χ1n) is 6.50. The zero-order chi connectivity index (χ0) is 13.8. The van der Waals surface area contributed by atoms with E-state index in [-0.39, 0.29) is 36.6 Å². The van der Waals surface area contributed by atoms with Crippen molar-refractivity contribution in [3.8, 4) is 0 Å². The van der Waals surface area contributed by atoms with E-state index in [1.54, 1.807) is 12.1 Å². The Morgan fingerprint density at radius 3 is 2.95 bits per heavy atom. The minimum absolute atomic E-state index is 0. The van der Waals surface area contributed by atoms with Crippen LogP contribution in [0.25, 0.3) is 0 Å². The Morgan fingerprint density at radius 1 is 1.55 bits per heavy atom. The van der Waals surface area contributed by atoms with E-state index in [0.29, 0.717) is 10.4 Å². The third-order valence-corrected chi connectivity index (χ3v) is 4.13. The second kappa shape index (κ2) is 7.96. The number of piperidine rings is 1. The normalized spacial score (nSPS) is 21.9. The van der Waals surface area contributed by atoms with E-state index in [1.165, 1.54) is 6.07 Å². The maximum absolute atomic E-state index is 13.1. The van der Waals surface area contributed by atoms with Crippen LogP contribution in [0.2, 0.25) is 0 Å². The number of halogens is 3. The number of amides is 1. The summed E-state index contributed by atoms with van der Waals surface area (Å²) < 4.78 is 13.5. The van der Waals surface area contributed by atoms with E-state index in [2.05, 4.69) is 33.5 Å². The van der Waals surface area contributed by atoms with Gasteiger partial charge in [-0.25, -0.2) is 4.39 Å². The van der Waals surface area contributed by atoms with E-state index in [1.807, 2.05) is 0 Å². The molecule has 1 fully saturated rings. The van der Waals surface area contributed by atoms with E-state index < -0.39 is 0 Å². The summed E-state index contributed by atoms with van der Waals surface area (Å²) >= 11 is 3.13. The molecule has 1 aliphatic heterocycles. The third kappa shape index (κ3) is 4.72. The molecule has 1 aliphatic rings. The number of benzene rings is 1. The molecule has 112 valence electrons. The van der Waals surface area contributed by atoms with Crippen LogP contribution in [0.1, 0.15) is 18.9 Å². The van der Waals surface area contributed by atoms with Gasteiger partial charge in [-0.2, -0.15) is 0 Å². The Balaban J connectivity index is 0.00000200. The molecule has 1 heterocycles. The molecule has 0 aromatic heterocycles. The van der Waals surface area contributed by atoms with Gasteiger partial charge in [0.25, 0.3) is 0 Å². The fourth-order valence-electron chi connectivity index (χ4n) is 2.28. The highest BCUT2D eigenvalue weighted by Gasteiger charge is 2.22. The first-order valence-corrected chi connectivity index (χ1v) is 7.29. The van der Waals surface area contributed by atoms with Gasteiger partial charge < -0.3 is 10.6 Å². The highest BCUT2D eigenvalue weighted by atomic mass is 79.9. The van der Waals surface area contributed by atoms with Crippen molar-refractivity contribution in [3.05, 3.63) is 34.1 Å². The molecule has 2 atom stereocenters. The van der Waals surface area contributed by atoms with Crippen molar-refractivity contribution in [2.24, 2.45) is 5.92 Å². The second-order valence-electron chi connectivity index (χ2n) is 5.07. The number of carbonyl (C=O) groups is 1. The van der Waals surface area contributed by atoms with E-state index in [4.69, 9.17) is 0 Å². The Hall–Kier alpha value is -0.650. The molecular weight excluding hydrogens is 347 g/mol. The van der Waals surface area contributed by atoms with E-state index >= 15 is 0 Å². The topological polar surface area (TPSA) is 41.1 Å². The molecule has 1 saturated heterocycles. The maximum atomic E-state index is 13.1. The van der Waals surface area contributed by atoms with Crippen molar-refractivity contribution in [3.63, 3.8) is 0 Å². The molecule has 0 radical (unpaired) electrons. The lowest BCUT2D eigenvalue weighted by atomic mass is 9.94. The van der Waals surface area contributed by atoms with E-state index in [0.717, 1.165) is 25.1 Å². The summed E-state index contributed by atoms with van der Waals surface area (Å²) in [5.74, 6) is 0.165. The molecule has 0 saturated carbocycles. The van der Waals surface area contributed by atoms with Gasteiger partial charge >= 0.3 is 0 Å². The predicted molar refractivity (Wildman–Crippen MR) is 83.6 cm³/mol. The molecule has 6 heteroatoms. The Bertz CT molecular complexity index is 472.